The minimum atomic E-state index is -4.29. The molecule has 3 aromatic rings. The molecule has 0 bridgehead atoms. The van der Waals surface area contributed by atoms with Gasteiger partial charge in [-0.05, 0) is 36.8 Å². The molecule has 170 valence electrons. The topological polar surface area (TPSA) is 107 Å². The summed E-state index contributed by atoms with van der Waals surface area (Å²) < 4.78 is 60.6. The summed E-state index contributed by atoms with van der Waals surface area (Å²) in [4.78, 5) is 17.2. The van der Waals surface area contributed by atoms with Crippen molar-refractivity contribution in [3.8, 4) is 11.3 Å². The highest BCUT2D eigenvalue weighted by Gasteiger charge is 2.28. The second-order valence-electron chi connectivity index (χ2n) is 7.81. The largest absolute Gasteiger partial charge is 0.374 e. The van der Waals surface area contributed by atoms with Crippen molar-refractivity contribution < 1.29 is 26.7 Å². The second-order valence-corrected chi connectivity index (χ2v) is 9.37. The molecule has 0 saturated carbocycles. The summed E-state index contributed by atoms with van der Waals surface area (Å²) in [5.74, 6) is -2.27. The average Bonchev–Trinajstić information content (AvgIpc) is 3.04. The smallest absolute Gasteiger partial charge is 0.238 e. The fraction of sp³-hybridized carbons (Fsp3) is 0.333. The number of aryl methyl sites for hydroxylation is 1. The van der Waals surface area contributed by atoms with Crippen LogP contribution in [0, 0.1) is 18.6 Å². The molecule has 11 heteroatoms. The van der Waals surface area contributed by atoms with Gasteiger partial charge in [-0.2, -0.15) is 0 Å². The van der Waals surface area contributed by atoms with E-state index in [-0.39, 0.29) is 18.0 Å². The number of nitrogens with two attached hydrogens (primary N) is 1. The van der Waals surface area contributed by atoms with Crippen LogP contribution in [0.25, 0.3) is 16.9 Å². The molecular formula is C21H22F2N4O4S. The Bertz CT molecular complexity index is 1300. The quantitative estimate of drug-likeness (QED) is 0.636. The summed E-state index contributed by atoms with van der Waals surface area (Å²) in [6.45, 7) is 4.50. The van der Waals surface area contributed by atoms with Crippen molar-refractivity contribution in [2.45, 2.75) is 31.3 Å². The van der Waals surface area contributed by atoms with Gasteiger partial charge < -0.3 is 14.0 Å². The van der Waals surface area contributed by atoms with E-state index in [1.165, 1.54) is 6.92 Å². The summed E-state index contributed by atoms with van der Waals surface area (Å²) in [5, 5.41) is 5.02. The van der Waals surface area contributed by atoms with Crippen molar-refractivity contribution in [1.82, 2.24) is 14.3 Å². The van der Waals surface area contributed by atoms with Crippen molar-refractivity contribution in [2.24, 2.45) is 5.14 Å². The Morgan fingerprint density at radius 2 is 1.97 bits per heavy atom. The number of rotatable bonds is 4. The van der Waals surface area contributed by atoms with Crippen LogP contribution in [0.3, 0.4) is 0 Å². The molecule has 1 atom stereocenters. The number of amides is 1. The van der Waals surface area contributed by atoms with Gasteiger partial charge in [-0.1, -0.05) is 0 Å². The summed E-state index contributed by atoms with van der Waals surface area (Å²) in [5.41, 5.74) is 1.45. The third kappa shape index (κ3) is 4.23. The number of carbonyl (C=O) groups excluding carboxylic acids is 1. The molecule has 1 aromatic carbocycles. The fourth-order valence-corrected chi connectivity index (χ4v) is 4.41. The summed E-state index contributed by atoms with van der Waals surface area (Å²) >= 11 is 0. The first-order valence-corrected chi connectivity index (χ1v) is 11.5. The molecule has 8 nitrogen and oxygen atoms in total. The molecule has 1 aliphatic heterocycles. The molecule has 1 fully saturated rings. The standard InChI is InChI=1S/C21H22F2N4O4S/c1-12-3-4-27-18(8-14-11-26(13(2)28)5-6-31-14)21(25-19(27)7-12)20-16(22)9-15(10-17(20)23)32(24,29)30/h3-4,7,9-10,14H,5-6,8,11H2,1-2H3,(H2,24,29,30)/t14-/m0/s1. The van der Waals surface area contributed by atoms with Crippen molar-refractivity contribution in [2.75, 3.05) is 19.7 Å². The van der Waals surface area contributed by atoms with Crippen LogP contribution in [0.2, 0.25) is 0 Å². The van der Waals surface area contributed by atoms with E-state index in [2.05, 4.69) is 4.98 Å². The second kappa shape index (κ2) is 8.23. The highest BCUT2D eigenvalue weighted by Crippen LogP contribution is 2.32. The van der Waals surface area contributed by atoms with Gasteiger partial charge in [0.15, 0.2) is 0 Å². The van der Waals surface area contributed by atoms with Gasteiger partial charge in [0.05, 0.1) is 34.6 Å². The van der Waals surface area contributed by atoms with Crippen molar-refractivity contribution in [3.05, 3.63) is 53.4 Å². The molecule has 3 heterocycles. The minimum Gasteiger partial charge on any atom is -0.374 e. The Morgan fingerprint density at radius 1 is 1.28 bits per heavy atom. The Hall–Kier alpha value is -2.89. The fourth-order valence-electron chi connectivity index (χ4n) is 3.88. The van der Waals surface area contributed by atoms with Crippen LogP contribution in [0.15, 0.2) is 35.4 Å². The first-order valence-electron chi connectivity index (χ1n) is 9.91. The maximum absolute atomic E-state index is 15.0. The number of hydrogen-bond donors (Lipinski definition) is 1. The maximum atomic E-state index is 15.0. The first kappa shape index (κ1) is 22.3. The average molecular weight is 464 g/mol. The lowest BCUT2D eigenvalue weighted by Crippen LogP contribution is -2.45. The van der Waals surface area contributed by atoms with Crippen LogP contribution in [0.4, 0.5) is 8.78 Å². The van der Waals surface area contributed by atoms with Crippen LogP contribution in [0.5, 0.6) is 0 Å². The van der Waals surface area contributed by atoms with Gasteiger partial charge in [0.1, 0.15) is 17.3 Å². The van der Waals surface area contributed by atoms with Crippen molar-refractivity contribution in [3.63, 3.8) is 0 Å². The molecule has 0 spiro atoms. The molecule has 1 saturated heterocycles. The van der Waals surface area contributed by atoms with E-state index in [1.807, 2.05) is 13.0 Å². The Balaban J connectivity index is 1.85. The van der Waals surface area contributed by atoms with Crippen LogP contribution in [-0.4, -0.2) is 54.4 Å². The predicted molar refractivity (Wildman–Crippen MR) is 112 cm³/mol. The van der Waals surface area contributed by atoms with Crippen LogP contribution >= 0.6 is 0 Å². The number of pyridine rings is 1. The molecule has 0 unspecified atom stereocenters. The number of hydrogen-bond acceptors (Lipinski definition) is 5. The maximum Gasteiger partial charge on any atom is 0.238 e. The van der Waals surface area contributed by atoms with E-state index in [4.69, 9.17) is 9.88 Å². The van der Waals surface area contributed by atoms with E-state index >= 15 is 0 Å². The molecular weight excluding hydrogens is 442 g/mol. The molecule has 1 aliphatic rings. The molecule has 32 heavy (non-hydrogen) atoms. The summed E-state index contributed by atoms with van der Waals surface area (Å²) in [7, 11) is -4.29. The van der Waals surface area contributed by atoms with Crippen molar-refractivity contribution >= 4 is 21.6 Å². The molecule has 1 amide bonds. The van der Waals surface area contributed by atoms with E-state index in [1.54, 1.807) is 21.6 Å². The number of benzene rings is 1. The van der Waals surface area contributed by atoms with Gasteiger partial charge in [-0.25, -0.2) is 27.3 Å². The zero-order valence-electron chi connectivity index (χ0n) is 17.5. The predicted octanol–water partition coefficient (Wildman–Crippen LogP) is 2.03. The summed E-state index contributed by atoms with van der Waals surface area (Å²) in [6.07, 6.45) is 1.58. The lowest BCUT2D eigenvalue weighted by molar-refractivity contribution is -0.136. The van der Waals surface area contributed by atoms with Crippen molar-refractivity contribution in [1.29, 1.82) is 0 Å². The van der Waals surface area contributed by atoms with Gasteiger partial charge in [0.25, 0.3) is 0 Å². The Labute approximate surface area is 183 Å². The zero-order chi connectivity index (χ0) is 23.2. The number of nitrogens with zero attached hydrogens (tertiary/aromatic N) is 3. The highest BCUT2D eigenvalue weighted by atomic mass is 32.2. The van der Waals surface area contributed by atoms with Gasteiger partial charge >= 0.3 is 0 Å². The number of imidazole rings is 1. The number of fused-ring (bicyclic) bond motifs is 1. The number of halogens is 2. The van der Waals surface area contributed by atoms with E-state index in [0.29, 0.717) is 43.2 Å². The molecule has 2 N–H and O–H groups in total. The molecule has 2 aromatic heterocycles. The number of primary sulfonamides is 1. The Morgan fingerprint density at radius 3 is 2.59 bits per heavy atom. The monoisotopic (exact) mass is 464 g/mol. The van der Waals surface area contributed by atoms with E-state index < -0.39 is 38.2 Å². The molecule has 4 rings (SSSR count). The number of carbonyl (C=O) groups is 1. The van der Waals surface area contributed by atoms with E-state index in [9.17, 15) is 22.0 Å². The lowest BCUT2D eigenvalue weighted by atomic mass is 10.0. The Kier molecular flexibility index (Phi) is 5.74. The number of morpholine rings is 1. The van der Waals surface area contributed by atoms with Crippen LogP contribution in [0.1, 0.15) is 18.2 Å². The molecule has 0 radical (unpaired) electrons. The zero-order valence-corrected chi connectivity index (χ0v) is 18.3. The van der Waals surface area contributed by atoms with Gasteiger partial charge in [0, 0.05) is 32.6 Å². The van der Waals surface area contributed by atoms with Crippen LogP contribution < -0.4 is 5.14 Å². The van der Waals surface area contributed by atoms with E-state index in [0.717, 1.165) is 5.56 Å². The third-order valence-corrected chi connectivity index (χ3v) is 6.36. The van der Waals surface area contributed by atoms with Gasteiger partial charge in [0.2, 0.25) is 15.9 Å². The number of ether oxygens (including phenoxy) is 1. The first-order chi connectivity index (χ1) is 15.0. The van der Waals surface area contributed by atoms with Crippen LogP contribution in [-0.2, 0) is 26.0 Å². The normalized spacial score (nSPS) is 17.2. The molecule has 0 aliphatic carbocycles. The number of aromatic nitrogens is 2. The minimum absolute atomic E-state index is 0.0371. The SMILES string of the molecule is CC(=O)N1CCO[C@@H](Cc2c(-c3c(F)cc(S(N)(=O)=O)cc3F)nc3cc(C)ccn23)C1. The van der Waals surface area contributed by atoms with Gasteiger partial charge in [-0.3, -0.25) is 4.79 Å². The lowest BCUT2D eigenvalue weighted by Gasteiger charge is -2.32. The van der Waals surface area contributed by atoms with Gasteiger partial charge in [-0.15, -0.1) is 0 Å². The third-order valence-electron chi connectivity index (χ3n) is 5.47. The number of sulfonamides is 1. The summed E-state index contributed by atoms with van der Waals surface area (Å²) in [6, 6.07) is 4.97. The highest BCUT2D eigenvalue weighted by molar-refractivity contribution is 7.89.